The molecule has 1 rings (SSSR count). The van der Waals surface area contributed by atoms with E-state index in [9.17, 15) is 0 Å². The lowest BCUT2D eigenvalue weighted by atomic mass is 10.1. The predicted octanol–water partition coefficient (Wildman–Crippen LogP) is 6.28. The van der Waals surface area contributed by atoms with Crippen molar-refractivity contribution in [1.82, 2.24) is 15.0 Å². The van der Waals surface area contributed by atoms with E-state index < -0.39 is 0 Å². The summed E-state index contributed by atoms with van der Waals surface area (Å²) < 4.78 is 0. The van der Waals surface area contributed by atoms with E-state index in [-0.39, 0.29) is 0 Å². The summed E-state index contributed by atoms with van der Waals surface area (Å²) in [5, 5.41) is 36.8. The van der Waals surface area contributed by atoms with Gasteiger partial charge in [-0.15, -0.1) is 0 Å². The molecule has 39 heavy (non-hydrogen) atoms. The van der Waals surface area contributed by atoms with Crippen molar-refractivity contribution in [3.63, 3.8) is 0 Å². The average molecular weight is 553 g/mol. The van der Waals surface area contributed by atoms with Gasteiger partial charge in [0.05, 0.1) is 0 Å². The quantitative estimate of drug-likeness (QED) is 0.0610. The van der Waals surface area contributed by atoms with E-state index in [1.54, 1.807) is 0 Å². The molecule has 0 fully saturated rings. The molecule has 0 aliphatic carbocycles. The van der Waals surface area contributed by atoms with E-state index in [1.165, 1.54) is 77.0 Å². The number of hydrogen-bond donors (Lipinski definition) is 6. The van der Waals surface area contributed by atoms with Crippen molar-refractivity contribution in [3.8, 4) is 0 Å². The number of rotatable bonds is 30. The number of hydrogen-bond acceptors (Lipinski definition) is 9. The molecule has 0 unspecified atom stereocenters. The third-order valence-electron chi connectivity index (χ3n) is 6.99. The molecule has 0 amide bonds. The minimum atomic E-state index is 0.307. The summed E-state index contributed by atoms with van der Waals surface area (Å²) in [6.07, 6.45) is 24.0. The van der Waals surface area contributed by atoms with Crippen molar-refractivity contribution in [2.45, 2.75) is 135 Å². The van der Waals surface area contributed by atoms with Gasteiger partial charge in [0.25, 0.3) is 0 Å². The van der Waals surface area contributed by atoms with Gasteiger partial charge in [-0.1, -0.05) is 96.3 Å². The van der Waals surface area contributed by atoms with Gasteiger partial charge in [0, 0.05) is 39.5 Å². The first-order valence-electron chi connectivity index (χ1n) is 16.1. The lowest BCUT2D eigenvalue weighted by molar-refractivity contribution is 0.282. The summed E-state index contributed by atoms with van der Waals surface area (Å²) in [6, 6.07) is 0. The molecule has 0 aromatic carbocycles. The van der Waals surface area contributed by atoms with Crippen molar-refractivity contribution in [1.29, 1.82) is 0 Å². The Morgan fingerprint density at radius 1 is 0.308 bits per heavy atom. The molecule has 0 atom stereocenters. The van der Waals surface area contributed by atoms with Crippen LogP contribution < -0.4 is 16.0 Å². The number of aliphatic hydroxyl groups excluding tert-OH is 3. The van der Waals surface area contributed by atoms with Gasteiger partial charge in [-0.3, -0.25) is 0 Å². The Balaban J connectivity index is 2.38. The maximum absolute atomic E-state index is 8.87. The normalized spacial score (nSPS) is 11.2. The number of nitrogens with one attached hydrogen (secondary N) is 3. The largest absolute Gasteiger partial charge is 0.396 e. The van der Waals surface area contributed by atoms with Gasteiger partial charge < -0.3 is 31.3 Å². The summed E-state index contributed by atoms with van der Waals surface area (Å²) in [5.74, 6) is 1.89. The fourth-order valence-electron chi connectivity index (χ4n) is 4.58. The summed E-state index contributed by atoms with van der Waals surface area (Å²) in [6.45, 7) is 3.48. The van der Waals surface area contributed by atoms with Crippen molar-refractivity contribution >= 4 is 17.8 Å². The first-order chi connectivity index (χ1) is 19.3. The van der Waals surface area contributed by atoms with Crippen LogP contribution in [-0.4, -0.2) is 69.7 Å². The predicted molar refractivity (Wildman–Crippen MR) is 164 cm³/mol. The van der Waals surface area contributed by atoms with Crippen LogP contribution in [0.5, 0.6) is 0 Å². The van der Waals surface area contributed by atoms with E-state index in [0.717, 1.165) is 77.4 Å². The maximum atomic E-state index is 8.87. The van der Waals surface area contributed by atoms with Crippen molar-refractivity contribution < 1.29 is 15.3 Å². The van der Waals surface area contributed by atoms with Crippen LogP contribution >= 0.6 is 0 Å². The van der Waals surface area contributed by atoms with Crippen LogP contribution in [0.15, 0.2) is 0 Å². The topological polar surface area (TPSA) is 135 Å². The Labute approximate surface area is 238 Å². The van der Waals surface area contributed by atoms with Crippen molar-refractivity contribution in [3.05, 3.63) is 0 Å². The fourth-order valence-corrected chi connectivity index (χ4v) is 4.58. The fraction of sp³-hybridized carbons (Fsp3) is 0.900. The Hall–Kier alpha value is -1.71. The highest BCUT2D eigenvalue weighted by Gasteiger charge is 2.06. The zero-order valence-corrected chi connectivity index (χ0v) is 24.8. The summed E-state index contributed by atoms with van der Waals surface area (Å²) >= 11 is 0. The second-order valence-corrected chi connectivity index (χ2v) is 10.7. The highest BCUT2D eigenvalue weighted by atomic mass is 16.3. The van der Waals surface area contributed by atoms with Crippen LogP contribution in [0.4, 0.5) is 17.8 Å². The molecule has 0 bridgehead atoms. The molecule has 9 heteroatoms. The Bertz CT molecular complexity index is 555. The van der Waals surface area contributed by atoms with Crippen LogP contribution in [-0.2, 0) is 0 Å². The molecule has 1 aromatic rings. The summed E-state index contributed by atoms with van der Waals surface area (Å²) in [7, 11) is 0. The third kappa shape index (κ3) is 22.8. The van der Waals surface area contributed by atoms with Gasteiger partial charge in [0.15, 0.2) is 0 Å². The van der Waals surface area contributed by atoms with Gasteiger partial charge in [0.2, 0.25) is 17.8 Å². The number of aliphatic hydroxyl groups is 3. The molecule has 0 saturated heterocycles. The Kier molecular flexibility index (Phi) is 25.2. The monoisotopic (exact) mass is 552 g/mol. The molecular formula is C30H60N6O3. The molecule has 6 N–H and O–H groups in total. The van der Waals surface area contributed by atoms with Crippen LogP contribution in [0.25, 0.3) is 0 Å². The van der Waals surface area contributed by atoms with Gasteiger partial charge in [-0.25, -0.2) is 0 Å². The van der Waals surface area contributed by atoms with Crippen LogP contribution in [0.1, 0.15) is 135 Å². The Morgan fingerprint density at radius 3 is 0.744 bits per heavy atom. The lowest BCUT2D eigenvalue weighted by Crippen LogP contribution is -2.14. The highest BCUT2D eigenvalue weighted by molar-refractivity contribution is 5.42. The second kappa shape index (κ2) is 27.8. The van der Waals surface area contributed by atoms with E-state index >= 15 is 0 Å². The van der Waals surface area contributed by atoms with Gasteiger partial charge in [-0.05, 0) is 38.5 Å². The first-order valence-corrected chi connectivity index (χ1v) is 16.1. The maximum Gasteiger partial charge on any atom is 0.229 e. The molecule has 1 aromatic heterocycles. The molecular weight excluding hydrogens is 492 g/mol. The molecule has 228 valence electrons. The zero-order chi connectivity index (χ0) is 28.1. The van der Waals surface area contributed by atoms with E-state index in [1.807, 2.05) is 0 Å². The van der Waals surface area contributed by atoms with E-state index in [2.05, 4.69) is 30.9 Å². The molecule has 0 radical (unpaired) electrons. The zero-order valence-electron chi connectivity index (χ0n) is 24.8. The number of nitrogens with zero attached hydrogens (tertiary/aromatic N) is 3. The van der Waals surface area contributed by atoms with E-state index in [4.69, 9.17) is 15.3 Å². The molecule has 0 aliphatic heterocycles. The van der Waals surface area contributed by atoms with Gasteiger partial charge in [0.1, 0.15) is 0 Å². The van der Waals surface area contributed by atoms with Crippen LogP contribution in [0, 0.1) is 0 Å². The summed E-state index contributed by atoms with van der Waals surface area (Å²) in [5.41, 5.74) is 0. The first kappa shape index (κ1) is 35.3. The smallest absolute Gasteiger partial charge is 0.229 e. The van der Waals surface area contributed by atoms with Crippen LogP contribution in [0.2, 0.25) is 0 Å². The summed E-state index contributed by atoms with van der Waals surface area (Å²) in [4.78, 5) is 13.8. The van der Waals surface area contributed by atoms with Crippen molar-refractivity contribution in [2.24, 2.45) is 0 Å². The number of unbranched alkanes of at least 4 members (excludes halogenated alkanes) is 18. The van der Waals surface area contributed by atoms with Gasteiger partial charge in [-0.2, -0.15) is 15.0 Å². The Morgan fingerprint density at radius 2 is 0.513 bits per heavy atom. The standard InChI is InChI=1S/C30H60N6O3/c37-25-19-13-7-1-4-10-16-22-31-28-34-29(32-23-17-11-5-2-8-14-20-26-38)36-30(35-28)33-24-18-12-6-3-9-15-21-27-39/h37-39H,1-27H2,(H3,31,32,33,34,35,36). The van der Waals surface area contributed by atoms with E-state index in [0.29, 0.717) is 37.7 Å². The van der Waals surface area contributed by atoms with Crippen molar-refractivity contribution in [2.75, 3.05) is 55.4 Å². The molecule has 1 heterocycles. The number of anilines is 3. The second-order valence-electron chi connectivity index (χ2n) is 10.7. The molecule has 0 aliphatic rings. The van der Waals surface area contributed by atoms with Gasteiger partial charge >= 0.3 is 0 Å². The lowest BCUT2D eigenvalue weighted by Gasteiger charge is -2.11. The molecule has 0 saturated carbocycles. The molecule has 9 nitrogen and oxygen atoms in total. The number of aromatic nitrogens is 3. The van der Waals surface area contributed by atoms with Crippen LogP contribution in [0.3, 0.4) is 0 Å². The SMILES string of the molecule is OCCCCCCCCCNc1nc(NCCCCCCCCCO)nc(NCCCCCCCCCO)n1. The molecule has 0 spiro atoms. The minimum absolute atomic E-state index is 0.307. The highest BCUT2D eigenvalue weighted by Crippen LogP contribution is 2.13. The third-order valence-corrected chi connectivity index (χ3v) is 6.99. The minimum Gasteiger partial charge on any atom is -0.396 e. The average Bonchev–Trinajstić information content (AvgIpc) is 2.94.